The zero-order chi connectivity index (χ0) is 14.5. The predicted molar refractivity (Wildman–Crippen MR) is 75.0 cm³/mol. The summed E-state index contributed by atoms with van der Waals surface area (Å²) in [6.45, 7) is 0.365. The number of nitro groups is 1. The Morgan fingerprint density at radius 3 is 3.00 bits per heavy atom. The van der Waals surface area contributed by atoms with Crippen LogP contribution in [0.2, 0.25) is 0 Å². The van der Waals surface area contributed by atoms with E-state index in [-0.39, 0.29) is 12.3 Å². The second-order valence-electron chi connectivity index (χ2n) is 3.89. The molecule has 1 aromatic heterocycles. The average molecular weight is 296 g/mol. The highest BCUT2D eigenvalue weighted by molar-refractivity contribution is 7.22. The van der Waals surface area contributed by atoms with Crippen molar-refractivity contribution in [3.05, 3.63) is 28.3 Å². The highest BCUT2D eigenvalue weighted by Crippen LogP contribution is 2.28. The van der Waals surface area contributed by atoms with Gasteiger partial charge in [0.25, 0.3) is 5.69 Å². The van der Waals surface area contributed by atoms with Crippen molar-refractivity contribution in [1.29, 1.82) is 0 Å². The fourth-order valence-electron chi connectivity index (χ4n) is 1.50. The normalized spacial score (nSPS) is 10.4. The van der Waals surface area contributed by atoms with Gasteiger partial charge in [0.15, 0.2) is 5.13 Å². The molecule has 0 unspecified atom stereocenters. The minimum Gasteiger partial charge on any atom is -0.396 e. The summed E-state index contributed by atoms with van der Waals surface area (Å²) in [6, 6.07) is 3.90. The number of aromatic nitrogens is 1. The molecule has 9 heteroatoms. The first-order chi connectivity index (χ1) is 9.60. The van der Waals surface area contributed by atoms with Gasteiger partial charge in [-0.15, -0.1) is 0 Å². The van der Waals surface area contributed by atoms with Gasteiger partial charge in [0.2, 0.25) is 0 Å². The number of nitrogens with zero attached hydrogens (tertiary/aromatic N) is 2. The Balaban J connectivity index is 2.08. The lowest BCUT2D eigenvalue weighted by Crippen LogP contribution is -2.29. The fourth-order valence-corrected chi connectivity index (χ4v) is 2.40. The van der Waals surface area contributed by atoms with Crippen LogP contribution >= 0.6 is 11.3 Å². The number of aliphatic hydroxyl groups excluding tert-OH is 1. The van der Waals surface area contributed by atoms with Crippen LogP contribution in [0.5, 0.6) is 0 Å². The van der Waals surface area contributed by atoms with Crippen LogP contribution in [0.25, 0.3) is 10.2 Å². The summed E-state index contributed by atoms with van der Waals surface area (Å²) < 4.78 is 0.629. The number of rotatable bonds is 5. The maximum Gasteiger partial charge on any atom is 0.321 e. The number of urea groups is 1. The number of amides is 2. The first kappa shape index (κ1) is 14.2. The Kier molecular flexibility index (Phi) is 4.43. The van der Waals surface area contributed by atoms with Gasteiger partial charge in [-0.3, -0.25) is 15.4 Å². The Morgan fingerprint density at radius 2 is 2.30 bits per heavy atom. The van der Waals surface area contributed by atoms with Gasteiger partial charge in [-0.25, -0.2) is 9.78 Å². The van der Waals surface area contributed by atoms with Crippen molar-refractivity contribution < 1.29 is 14.8 Å². The number of benzene rings is 1. The maximum atomic E-state index is 11.5. The van der Waals surface area contributed by atoms with Crippen LogP contribution in [-0.2, 0) is 0 Å². The third kappa shape index (κ3) is 3.39. The summed E-state index contributed by atoms with van der Waals surface area (Å²) in [5, 5.41) is 24.7. The minimum atomic E-state index is -0.478. The van der Waals surface area contributed by atoms with E-state index < -0.39 is 11.0 Å². The summed E-state index contributed by atoms with van der Waals surface area (Å²) in [4.78, 5) is 25.8. The molecule has 1 aromatic carbocycles. The van der Waals surface area contributed by atoms with E-state index in [1.807, 2.05) is 0 Å². The van der Waals surface area contributed by atoms with Crippen molar-refractivity contribution in [3.63, 3.8) is 0 Å². The number of non-ortho nitro benzene ring substituents is 1. The highest BCUT2D eigenvalue weighted by atomic mass is 32.1. The molecule has 0 fully saturated rings. The molecule has 0 spiro atoms. The number of hydrogen-bond acceptors (Lipinski definition) is 6. The molecule has 2 rings (SSSR count). The summed E-state index contributed by atoms with van der Waals surface area (Å²) in [5.41, 5.74) is 0.575. The molecule has 8 nitrogen and oxygen atoms in total. The van der Waals surface area contributed by atoms with Crippen LogP contribution in [0.3, 0.4) is 0 Å². The maximum absolute atomic E-state index is 11.5. The number of thiazole rings is 1. The molecular weight excluding hydrogens is 284 g/mol. The van der Waals surface area contributed by atoms with Crippen molar-refractivity contribution >= 4 is 38.4 Å². The predicted octanol–water partition coefficient (Wildman–Crippen LogP) is 1.71. The number of aliphatic hydroxyl groups is 1. The number of carbonyl (C=O) groups is 1. The van der Waals surface area contributed by atoms with Crippen molar-refractivity contribution in [2.75, 3.05) is 18.5 Å². The van der Waals surface area contributed by atoms with E-state index in [0.29, 0.717) is 28.3 Å². The summed E-state index contributed by atoms with van der Waals surface area (Å²) >= 11 is 1.16. The van der Waals surface area contributed by atoms with Gasteiger partial charge >= 0.3 is 6.03 Å². The molecule has 0 radical (unpaired) electrons. The van der Waals surface area contributed by atoms with Gasteiger partial charge in [0.1, 0.15) is 0 Å². The van der Waals surface area contributed by atoms with E-state index in [1.165, 1.54) is 12.1 Å². The Hall–Kier alpha value is -2.26. The van der Waals surface area contributed by atoms with Crippen LogP contribution < -0.4 is 10.6 Å². The first-order valence-corrected chi connectivity index (χ1v) is 6.62. The number of carbonyl (C=O) groups excluding carboxylic acids is 1. The Labute approximate surface area is 117 Å². The van der Waals surface area contributed by atoms with Gasteiger partial charge in [0.05, 0.1) is 15.1 Å². The topological polar surface area (TPSA) is 117 Å². The van der Waals surface area contributed by atoms with Gasteiger partial charge < -0.3 is 10.4 Å². The van der Waals surface area contributed by atoms with Crippen molar-refractivity contribution in [1.82, 2.24) is 10.3 Å². The molecule has 20 heavy (non-hydrogen) atoms. The van der Waals surface area contributed by atoms with Crippen LogP contribution in [0.1, 0.15) is 6.42 Å². The van der Waals surface area contributed by atoms with E-state index in [4.69, 9.17) is 5.11 Å². The quantitative estimate of drug-likeness (QED) is 0.441. The highest BCUT2D eigenvalue weighted by Gasteiger charge is 2.11. The zero-order valence-corrected chi connectivity index (χ0v) is 11.1. The van der Waals surface area contributed by atoms with E-state index >= 15 is 0 Å². The molecule has 0 aliphatic carbocycles. The third-order valence-electron chi connectivity index (χ3n) is 2.42. The number of nitrogens with one attached hydrogen (secondary N) is 2. The van der Waals surface area contributed by atoms with E-state index in [1.54, 1.807) is 6.07 Å². The van der Waals surface area contributed by atoms with Crippen LogP contribution in [-0.4, -0.2) is 34.2 Å². The van der Waals surface area contributed by atoms with Gasteiger partial charge in [-0.05, 0) is 12.5 Å². The minimum absolute atomic E-state index is 0.00504. The van der Waals surface area contributed by atoms with Gasteiger partial charge in [-0.2, -0.15) is 0 Å². The molecule has 1 heterocycles. The second-order valence-corrected chi connectivity index (χ2v) is 4.92. The molecule has 0 aliphatic heterocycles. The van der Waals surface area contributed by atoms with Crippen molar-refractivity contribution in [3.8, 4) is 0 Å². The van der Waals surface area contributed by atoms with E-state index in [0.717, 1.165) is 11.3 Å². The number of anilines is 1. The second kappa shape index (κ2) is 6.26. The molecule has 0 aliphatic rings. The Bertz CT molecular complexity index is 642. The lowest BCUT2D eigenvalue weighted by Gasteiger charge is -2.03. The summed E-state index contributed by atoms with van der Waals surface area (Å²) in [7, 11) is 0. The summed E-state index contributed by atoms with van der Waals surface area (Å²) in [5.74, 6) is 0. The standard InChI is InChI=1S/C11H12N4O4S/c16-5-1-4-12-10(17)14-11-13-8-3-2-7(15(18)19)6-9(8)20-11/h2-3,6,16H,1,4-5H2,(H2,12,13,14,17). The lowest BCUT2D eigenvalue weighted by atomic mass is 10.3. The van der Waals surface area contributed by atoms with E-state index in [9.17, 15) is 14.9 Å². The molecule has 0 bridgehead atoms. The van der Waals surface area contributed by atoms with Crippen LogP contribution in [0.15, 0.2) is 18.2 Å². The molecule has 3 N–H and O–H groups in total. The van der Waals surface area contributed by atoms with Gasteiger partial charge in [-0.1, -0.05) is 11.3 Å². The SMILES string of the molecule is O=C(NCCCO)Nc1nc2ccc([N+](=O)[O-])cc2s1. The Morgan fingerprint density at radius 1 is 1.50 bits per heavy atom. The van der Waals surface area contributed by atoms with E-state index in [2.05, 4.69) is 15.6 Å². The smallest absolute Gasteiger partial charge is 0.321 e. The fraction of sp³-hybridized carbons (Fsp3) is 0.273. The molecule has 0 saturated carbocycles. The van der Waals surface area contributed by atoms with Crippen molar-refractivity contribution in [2.24, 2.45) is 0 Å². The van der Waals surface area contributed by atoms with Crippen molar-refractivity contribution in [2.45, 2.75) is 6.42 Å². The number of hydrogen-bond donors (Lipinski definition) is 3. The third-order valence-corrected chi connectivity index (χ3v) is 3.36. The van der Waals surface area contributed by atoms with Crippen LogP contribution in [0, 0.1) is 10.1 Å². The number of fused-ring (bicyclic) bond motifs is 1. The molecule has 0 atom stereocenters. The van der Waals surface area contributed by atoms with Crippen LogP contribution in [0.4, 0.5) is 15.6 Å². The largest absolute Gasteiger partial charge is 0.396 e. The zero-order valence-electron chi connectivity index (χ0n) is 10.3. The molecule has 0 saturated heterocycles. The molecule has 106 valence electrons. The molecule has 2 amide bonds. The average Bonchev–Trinajstić information content (AvgIpc) is 2.79. The van der Waals surface area contributed by atoms with Gasteiger partial charge in [0, 0.05) is 25.3 Å². The molecular formula is C11H12N4O4S. The monoisotopic (exact) mass is 296 g/mol. The number of nitro benzene ring substituents is 1. The molecule has 2 aromatic rings. The summed E-state index contributed by atoms with van der Waals surface area (Å²) in [6.07, 6.45) is 0.472. The first-order valence-electron chi connectivity index (χ1n) is 5.81. The lowest BCUT2D eigenvalue weighted by molar-refractivity contribution is -0.384.